The van der Waals surface area contributed by atoms with Crippen LogP contribution in [-0.4, -0.2) is 45.8 Å². The number of hydrogen-bond acceptors (Lipinski definition) is 4. The molecule has 0 bridgehead atoms. The maximum absolute atomic E-state index is 12.5. The maximum atomic E-state index is 12.5. The topological polar surface area (TPSA) is 74.7 Å². The second kappa shape index (κ2) is 6.22. The van der Waals surface area contributed by atoms with Gasteiger partial charge in [-0.05, 0) is 25.0 Å². The average Bonchev–Trinajstić information content (AvgIpc) is 3.19. The van der Waals surface area contributed by atoms with E-state index in [9.17, 15) is 14.4 Å². The quantitative estimate of drug-likeness (QED) is 0.777. The van der Waals surface area contributed by atoms with E-state index in [1.54, 1.807) is 4.90 Å². The molecule has 1 amide bonds. The number of hydrogen-bond donors (Lipinski definition) is 1. The standard InChI is InChI=1S/C15H21NO4S/c1-8(2)7-16-14(20)10(6-11(17)18)12(15(16)21-3)13(19)9-4-5-9/h8-9,15H,4-7H2,1-3H3,(H,17,18). The van der Waals surface area contributed by atoms with Gasteiger partial charge in [-0.2, -0.15) is 0 Å². The third-order valence-corrected chi connectivity index (χ3v) is 4.64. The minimum absolute atomic E-state index is 0.00903. The lowest BCUT2D eigenvalue weighted by Gasteiger charge is -2.27. The molecule has 0 spiro atoms. The molecule has 6 heteroatoms. The van der Waals surface area contributed by atoms with Crippen LogP contribution in [0.1, 0.15) is 33.1 Å². The summed E-state index contributed by atoms with van der Waals surface area (Å²) in [6.45, 7) is 4.54. The molecule has 1 aliphatic carbocycles. The fourth-order valence-electron chi connectivity index (χ4n) is 2.67. The highest BCUT2D eigenvalue weighted by Gasteiger charge is 2.45. The largest absolute Gasteiger partial charge is 0.481 e. The zero-order valence-corrected chi connectivity index (χ0v) is 13.4. The summed E-state index contributed by atoms with van der Waals surface area (Å²) in [5, 5.41) is 8.72. The third-order valence-electron chi connectivity index (χ3n) is 3.70. The molecule has 2 aliphatic rings. The number of Topliss-reactive ketones (excluding diaryl/α,β-unsaturated/α-hetero) is 1. The lowest BCUT2D eigenvalue weighted by Crippen LogP contribution is -2.37. The summed E-state index contributed by atoms with van der Waals surface area (Å²) in [6.07, 6.45) is 3.19. The van der Waals surface area contributed by atoms with Crippen LogP contribution in [0.15, 0.2) is 11.1 Å². The minimum Gasteiger partial charge on any atom is -0.481 e. The Morgan fingerprint density at radius 2 is 2.00 bits per heavy atom. The number of amides is 1. The number of carboxylic acids is 1. The summed E-state index contributed by atoms with van der Waals surface area (Å²) in [5.74, 6) is -1.11. The summed E-state index contributed by atoms with van der Waals surface area (Å²) in [4.78, 5) is 37.8. The van der Waals surface area contributed by atoms with Crippen LogP contribution in [0.3, 0.4) is 0 Å². The first-order valence-electron chi connectivity index (χ1n) is 7.19. The first-order chi connectivity index (χ1) is 9.86. The first-order valence-corrected chi connectivity index (χ1v) is 8.48. The highest BCUT2D eigenvalue weighted by Crippen LogP contribution is 2.41. The molecule has 5 nitrogen and oxygen atoms in total. The van der Waals surface area contributed by atoms with Crippen molar-refractivity contribution >= 4 is 29.4 Å². The normalized spacial score (nSPS) is 22.4. The van der Waals surface area contributed by atoms with Crippen LogP contribution in [0.4, 0.5) is 0 Å². The number of rotatable bonds is 7. The van der Waals surface area contributed by atoms with Crippen molar-refractivity contribution in [3.8, 4) is 0 Å². The van der Waals surface area contributed by atoms with Crippen molar-refractivity contribution < 1.29 is 19.5 Å². The van der Waals surface area contributed by atoms with Crippen LogP contribution in [0.5, 0.6) is 0 Å². The van der Waals surface area contributed by atoms with Gasteiger partial charge >= 0.3 is 5.97 Å². The number of aliphatic carboxylic acids is 1. The molecule has 0 aromatic carbocycles. The van der Waals surface area contributed by atoms with Crippen LogP contribution < -0.4 is 0 Å². The van der Waals surface area contributed by atoms with E-state index in [-0.39, 0.29) is 40.9 Å². The summed E-state index contributed by atoms with van der Waals surface area (Å²) < 4.78 is 0. The zero-order chi connectivity index (χ0) is 15.7. The molecule has 0 saturated heterocycles. The molecule has 1 atom stereocenters. The van der Waals surface area contributed by atoms with E-state index in [2.05, 4.69) is 0 Å². The lowest BCUT2D eigenvalue weighted by molar-refractivity contribution is -0.137. The molecule has 1 fully saturated rings. The van der Waals surface area contributed by atoms with Crippen molar-refractivity contribution in [3.05, 3.63) is 11.1 Å². The second-order valence-electron chi connectivity index (χ2n) is 6.04. The van der Waals surface area contributed by atoms with Crippen molar-refractivity contribution in [2.75, 3.05) is 12.8 Å². The Morgan fingerprint density at radius 3 is 2.43 bits per heavy atom. The molecular weight excluding hydrogens is 290 g/mol. The van der Waals surface area contributed by atoms with Crippen LogP contribution in [-0.2, 0) is 14.4 Å². The molecule has 1 N–H and O–H groups in total. The molecule has 116 valence electrons. The van der Waals surface area contributed by atoms with Crippen molar-refractivity contribution in [1.29, 1.82) is 0 Å². The first kappa shape index (κ1) is 16.1. The monoisotopic (exact) mass is 311 g/mol. The molecule has 1 heterocycles. The summed E-state index contributed by atoms with van der Waals surface area (Å²) in [6, 6.07) is 0. The number of nitrogens with zero attached hydrogens (tertiary/aromatic N) is 1. The van der Waals surface area contributed by atoms with Gasteiger partial charge in [0.2, 0.25) is 0 Å². The molecule has 0 aromatic rings. The highest BCUT2D eigenvalue weighted by molar-refractivity contribution is 7.99. The molecule has 1 unspecified atom stereocenters. The van der Waals surface area contributed by atoms with E-state index >= 15 is 0 Å². The fraction of sp³-hybridized carbons (Fsp3) is 0.667. The van der Waals surface area contributed by atoms with Gasteiger partial charge in [0.05, 0.1) is 6.42 Å². The number of carbonyl (C=O) groups excluding carboxylic acids is 2. The molecule has 1 saturated carbocycles. The Hall–Kier alpha value is -1.30. The van der Waals surface area contributed by atoms with E-state index in [0.717, 1.165) is 12.8 Å². The number of ketones is 1. The van der Waals surface area contributed by atoms with Crippen molar-refractivity contribution in [1.82, 2.24) is 4.90 Å². The van der Waals surface area contributed by atoms with Gasteiger partial charge in [0, 0.05) is 23.6 Å². The van der Waals surface area contributed by atoms with Crippen molar-refractivity contribution in [2.45, 2.75) is 38.5 Å². The summed E-state index contributed by atoms with van der Waals surface area (Å²) in [7, 11) is 0. The SMILES string of the molecule is CSC1C(C(=O)C2CC2)=C(CC(=O)O)C(=O)N1CC(C)C. The van der Waals surface area contributed by atoms with Gasteiger partial charge in [-0.3, -0.25) is 14.4 Å². The molecule has 1 aliphatic heterocycles. The third kappa shape index (κ3) is 3.31. The zero-order valence-electron chi connectivity index (χ0n) is 12.6. The van der Waals surface area contributed by atoms with E-state index in [4.69, 9.17) is 5.11 Å². The van der Waals surface area contributed by atoms with Crippen LogP contribution >= 0.6 is 11.8 Å². The Bertz CT molecular complexity index is 508. The van der Waals surface area contributed by atoms with Gasteiger partial charge in [-0.1, -0.05) is 13.8 Å². The average molecular weight is 311 g/mol. The fourth-order valence-corrected chi connectivity index (χ4v) is 3.61. The molecule has 2 rings (SSSR count). The van der Waals surface area contributed by atoms with Gasteiger partial charge < -0.3 is 10.0 Å². The van der Waals surface area contributed by atoms with Crippen LogP contribution in [0, 0.1) is 11.8 Å². The Balaban J connectivity index is 2.38. The smallest absolute Gasteiger partial charge is 0.308 e. The Morgan fingerprint density at radius 1 is 1.38 bits per heavy atom. The predicted molar refractivity (Wildman–Crippen MR) is 80.9 cm³/mol. The Labute approximate surface area is 128 Å². The van der Waals surface area contributed by atoms with Crippen molar-refractivity contribution in [2.24, 2.45) is 11.8 Å². The molecular formula is C15H21NO4S. The van der Waals surface area contributed by atoms with E-state index in [1.807, 2.05) is 20.1 Å². The number of thioether (sulfide) groups is 1. The maximum Gasteiger partial charge on any atom is 0.308 e. The van der Waals surface area contributed by atoms with E-state index < -0.39 is 5.97 Å². The van der Waals surface area contributed by atoms with Gasteiger partial charge in [-0.15, -0.1) is 11.8 Å². The van der Waals surface area contributed by atoms with Crippen LogP contribution in [0.2, 0.25) is 0 Å². The summed E-state index contributed by atoms with van der Waals surface area (Å²) in [5.41, 5.74) is 0.637. The van der Waals surface area contributed by atoms with E-state index in [0.29, 0.717) is 12.1 Å². The molecule has 0 aromatic heterocycles. The Kier molecular flexibility index (Phi) is 4.76. The summed E-state index contributed by atoms with van der Waals surface area (Å²) >= 11 is 1.43. The second-order valence-corrected chi connectivity index (χ2v) is 6.96. The number of carbonyl (C=O) groups is 3. The van der Waals surface area contributed by atoms with Gasteiger partial charge in [0.1, 0.15) is 5.37 Å². The van der Waals surface area contributed by atoms with Gasteiger partial charge in [0.15, 0.2) is 5.78 Å². The van der Waals surface area contributed by atoms with Crippen LogP contribution in [0.25, 0.3) is 0 Å². The predicted octanol–water partition coefficient (Wildman–Crippen LogP) is 1.92. The van der Waals surface area contributed by atoms with E-state index in [1.165, 1.54) is 11.8 Å². The lowest BCUT2D eigenvalue weighted by atomic mass is 10.0. The molecule has 21 heavy (non-hydrogen) atoms. The molecule has 0 radical (unpaired) electrons. The number of carboxylic acid groups (broad SMARTS) is 1. The van der Waals surface area contributed by atoms with Gasteiger partial charge in [-0.25, -0.2) is 0 Å². The van der Waals surface area contributed by atoms with Gasteiger partial charge in [0.25, 0.3) is 5.91 Å². The van der Waals surface area contributed by atoms with Crippen molar-refractivity contribution in [3.63, 3.8) is 0 Å². The minimum atomic E-state index is -1.06. The highest BCUT2D eigenvalue weighted by atomic mass is 32.2.